The van der Waals surface area contributed by atoms with Gasteiger partial charge in [-0.05, 0) is 12.1 Å². The van der Waals surface area contributed by atoms with E-state index in [4.69, 9.17) is 4.74 Å². The smallest absolute Gasteiger partial charge is 0.216 e. The molecule has 0 spiro atoms. The second-order valence-corrected chi connectivity index (χ2v) is 3.21. The molecule has 1 aromatic carbocycles. The number of rotatable bonds is 5. The van der Waals surface area contributed by atoms with E-state index in [1.807, 2.05) is 30.3 Å². The molecule has 15 heavy (non-hydrogen) atoms. The lowest BCUT2D eigenvalue weighted by Crippen LogP contribution is -2.33. The van der Waals surface area contributed by atoms with Crippen LogP contribution >= 0.6 is 0 Å². The highest BCUT2D eigenvalue weighted by molar-refractivity contribution is 5.72. The first-order valence-electron chi connectivity index (χ1n) is 4.79. The second-order valence-electron chi connectivity index (χ2n) is 3.21. The first-order chi connectivity index (χ1) is 7.18. The molecule has 0 aliphatic heterocycles. The van der Waals surface area contributed by atoms with E-state index in [-0.39, 0.29) is 19.1 Å². The molecule has 82 valence electrons. The van der Waals surface area contributed by atoms with E-state index < -0.39 is 6.10 Å². The minimum absolute atomic E-state index is 0.159. The van der Waals surface area contributed by atoms with Gasteiger partial charge in [0.05, 0.1) is 0 Å². The SMILES string of the molecule is CC(=O)NCC(O)COc1ccccc1. The third-order valence-corrected chi connectivity index (χ3v) is 1.77. The van der Waals surface area contributed by atoms with E-state index >= 15 is 0 Å². The molecule has 1 unspecified atom stereocenters. The predicted octanol–water partition coefficient (Wildman–Crippen LogP) is 0.562. The molecule has 1 atom stereocenters. The normalized spacial score (nSPS) is 11.9. The van der Waals surface area contributed by atoms with Crippen LogP contribution in [-0.2, 0) is 4.79 Å². The molecule has 1 rings (SSSR count). The fourth-order valence-corrected chi connectivity index (χ4v) is 1.03. The number of carbonyl (C=O) groups excluding carboxylic acids is 1. The van der Waals surface area contributed by atoms with E-state index in [0.29, 0.717) is 5.75 Å². The van der Waals surface area contributed by atoms with Crippen LogP contribution in [0.1, 0.15) is 6.92 Å². The summed E-state index contributed by atoms with van der Waals surface area (Å²) in [6.07, 6.45) is -0.686. The number of nitrogens with one attached hydrogen (secondary N) is 1. The van der Waals surface area contributed by atoms with Crippen LogP contribution in [0.15, 0.2) is 30.3 Å². The number of amides is 1. The van der Waals surface area contributed by atoms with Crippen molar-refractivity contribution in [3.05, 3.63) is 30.3 Å². The summed E-state index contributed by atoms with van der Waals surface area (Å²) in [5, 5.41) is 11.9. The Balaban J connectivity index is 2.22. The monoisotopic (exact) mass is 209 g/mol. The molecule has 4 heteroatoms. The number of hydrogen-bond acceptors (Lipinski definition) is 3. The highest BCUT2D eigenvalue weighted by Crippen LogP contribution is 2.08. The molecule has 0 radical (unpaired) electrons. The van der Waals surface area contributed by atoms with Crippen LogP contribution in [0.5, 0.6) is 5.75 Å². The Morgan fingerprint density at radius 3 is 2.73 bits per heavy atom. The average Bonchev–Trinajstić information content (AvgIpc) is 2.25. The van der Waals surface area contributed by atoms with Gasteiger partial charge in [0.2, 0.25) is 5.91 Å². The van der Waals surface area contributed by atoms with Crippen molar-refractivity contribution < 1.29 is 14.6 Å². The molecule has 0 heterocycles. The molecule has 0 fully saturated rings. The van der Waals surface area contributed by atoms with E-state index in [1.165, 1.54) is 6.92 Å². The molecule has 0 aliphatic rings. The van der Waals surface area contributed by atoms with Gasteiger partial charge in [-0.1, -0.05) is 18.2 Å². The van der Waals surface area contributed by atoms with Crippen molar-refractivity contribution in [2.75, 3.05) is 13.2 Å². The molecule has 0 bridgehead atoms. The summed E-state index contributed by atoms with van der Waals surface area (Å²) in [5.41, 5.74) is 0. The fourth-order valence-electron chi connectivity index (χ4n) is 1.03. The number of ether oxygens (including phenoxy) is 1. The van der Waals surface area contributed by atoms with Gasteiger partial charge < -0.3 is 15.2 Å². The molecule has 1 aromatic rings. The largest absolute Gasteiger partial charge is 0.491 e. The summed E-state index contributed by atoms with van der Waals surface area (Å²) in [4.78, 5) is 10.6. The Morgan fingerprint density at radius 1 is 1.47 bits per heavy atom. The van der Waals surface area contributed by atoms with Gasteiger partial charge in [0.25, 0.3) is 0 Å². The number of para-hydroxylation sites is 1. The molecular weight excluding hydrogens is 194 g/mol. The summed E-state index contributed by atoms with van der Waals surface area (Å²) in [6.45, 7) is 1.79. The average molecular weight is 209 g/mol. The van der Waals surface area contributed by atoms with Gasteiger partial charge in [-0.15, -0.1) is 0 Å². The topological polar surface area (TPSA) is 58.6 Å². The zero-order valence-corrected chi connectivity index (χ0v) is 8.64. The second kappa shape index (κ2) is 6.03. The van der Waals surface area contributed by atoms with Gasteiger partial charge >= 0.3 is 0 Å². The van der Waals surface area contributed by atoms with Gasteiger partial charge in [0.15, 0.2) is 0 Å². The zero-order chi connectivity index (χ0) is 11.1. The Morgan fingerprint density at radius 2 is 2.13 bits per heavy atom. The summed E-state index contributed by atoms with van der Waals surface area (Å²) in [6, 6.07) is 9.22. The van der Waals surface area contributed by atoms with E-state index in [9.17, 15) is 9.90 Å². The Hall–Kier alpha value is -1.55. The summed E-state index contributed by atoms with van der Waals surface area (Å²) in [7, 11) is 0. The molecule has 0 saturated carbocycles. The number of aliphatic hydroxyl groups excluding tert-OH is 1. The predicted molar refractivity (Wildman–Crippen MR) is 56.6 cm³/mol. The maximum Gasteiger partial charge on any atom is 0.216 e. The number of hydrogen-bond donors (Lipinski definition) is 2. The van der Waals surface area contributed by atoms with Crippen molar-refractivity contribution in [2.24, 2.45) is 0 Å². The van der Waals surface area contributed by atoms with E-state index in [1.54, 1.807) is 0 Å². The molecular formula is C11H15NO3. The summed E-state index contributed by atoms with van der Waals surface area (Å²) < 4.78 is 5.30. The maximum absolute atomic E-state index is 10.6. The van der Waals surface area contributed by atoms with Crippen molar-refractivity contribution in [1.29, 1.82) is 0 Å². The van der Waals surface area contributed by atoms with Crippen LogP contribution < -0.4 is 10.1 Å². The maximum atomic E-state index is 10.6. The molecule has 4 nitrogen and oxygen atoms in total. The Bertz CT molecular complexity index is 300. The number of aliphatic hydroxyl groups is 1. The standard InChI is InChI=1S/C11H15NO3/c1-9(13)12-7-10(14)8-15-11-5-3-2-4-6-11/h2-6,10,14H,7-8H2,1H3,(H,12,13). The van der Waals surface area contributed by atoms with Gasteiger partial charge in [-0.2, -0.15) is 0 Å². The van der Waals surface area contributed by atoms with Crippen LogP contribution in [0.3, 0.4) is 0 Å². The number of carbonyl (C=O) groups is 1. The van der Waals surface area contributed by atoms with Crippen molar-refractivity contribution in [1.82, 2.24) is 5.32 Å². The Kier molecular flexibility index (Phi) is 4.63. The van der Waals surface area contributed by atoms with Gasteiger partial charge in [0, 0.05) is 13.5 Å². The van der Waals surface area contributed by atoms with Crippen LogP contribution in [0.25, 0.3) is 0 Å². The molecule has 0 aliphatic carbocycles. The first kappa shape index (κ1) is 11.5. The first-order valence-corrected chi connectivity index (χ1v) is 4.79. The van der Waals surface area contributed by atoms with E-state index in [0.717, 1.165) is 0 Å². The molecule has 0 aromatic heterocycles. The van der Waals surface area contributed by atoms with Crippen molar-refractivity contribution in [2.45, 2.75) is 13.0 Å². The third kappa shape index (κ3) is 5.02. The van der Waals surface area contributed by atoms with Crippen LogP contribution in [-0.4, -0.2) is 30.3 Å². The minimum Gasteiger partial charge on any atom is -0.491 e. The van der Waals surface area contributed by atoms with Crippen LogP contribution in [0.2, 0.25) is 0 Å². The van der Waals surface area contributed by atoms with Crippen molar-refractivity contribution in [3.63, 3.8) is 0 Å². The zero-order valence-electron chi connectivity index (χ0n) is 8.64. The summed E-state index contributed by atoms with van der Waals surface area (Å²) in [5.74, 6) is 0.549. The van der Waals surface area contributed by atoms with Crippen LogP contribution in [0, 0.1) is 0 Å². The van der Waals surface area contributed by atoms with Gasteiger partial charge in [-0.25, -0.2) is 0 Å². The van der Waals surface area contributed by atoms with Crippen LogP contribution in [0.4, 0.5) is 0 Å². The highest BCUT2D eigenvalue weighted by Gasteiger charge is 2.05. The molecule has 1 amide bonds. The highest BCUT2D eigenvalue weighted by atomic mass is 16.5. The number of benzene rings is 1. The fraction of sp³-hybridized carbons (Fsp3) is 0.364. The third-order valence-electron chi connectivity index (χ3n) is 1.77. The summed E-state index contributed by atoms with van der Waals surface area (Å²) >= 11 is 0. The van der Waals surface area contributed by atoms with E-state index in [2.05, 4.69) is 5.32 Å². The quantitative estimate of drug-likeness (QED) is 0.745. The lowest BCUT2D eigenvalue weighted by atomic mass is 10.3. The van der Waals surface area contributed by atoms with Crippen molar-refractivity contribution >= 4 is 5.91 Å². The lowest BCUT2D eigenvalue weighted by molar-refractivity contribution is -0.119. The van der Waals surface area contributed by atoms with Crippen molar-refractivity contribution in [3.8, 4) is 5.75 Å². The minimum atomic E-state index is -0.686. The molecule has 0 saturated heterocycles. The van der Waals surface area contributed by atoms with Gasteiger partial charge in [-0.3, -0.25) is 4.79 Å². The lowest BCUT2D eigenvalue weighted by Gasteiger charge is -2.12. The van der Waals surface area contributed by atoms with Gasteiger partial charge in [0.1, 0.15) is 18.5 Å². The molecule has 2 N–H and O–H groups in total. The Labute approximate surface area is 88.9 Å².